The van der Waals surface area contributed by atoms with Crippen LogP contribution >= 0.6 is 0 Å². The van der Waals surface area contributed by atoms with E-state index < -0.39 is 0 Å². The van der Waals surface area contributed by atoms with E-state index in [1.165, 1.54) is 5.69 Å². The first-order valence-electron chi connectivity index (χ1n) is 6.98. The minimum absolute atomic E-state index is 0.175. The molecule has 1 aromatic heterocycles. The van der Waals surface area contributed by atoms with E-state index in [1.54, 1.807) is 0 Å². The van der Waals surface area contributed by atoms with Crippen molar-refractivity contribution in [3.63, 3.8) is 0 Å². The van der Waals surface area contributed by atoms with Crippen molar-refractivity contribution in [2.45, 2.75) is 45.6 Å². The van der Waals surface area contributed by atoms with Crippen LogP contribution in [0.1, 0.15) is 45.1 Å². The molecule has 0 aliphatic carbocycles. The van der Waals surface area contributed by atoms with Gasteiger partial charge in [0.15, 0.2) is 0 Å². The Balaban J connectivity index is 2.01. The zero-order valence-corrected chi connectivity index (χ0v) is 12.1. The Kier molecular flexibility index (Phi) is 4.07. The molecule has 18 heavy (non-hydrogen) atoms. The highest BCUT2D eigenvalue weighted by Crippen LogP contribution is 2.20. The van der Waals surface area contributed by atoms with Gasteiger partial charge in [0.05, 0.1) is 0 Å². The second kappa shape index (κ2) is 5.41. The first-order valence-corrected chi connectivity index (χ1v) is 6.98. The maximum atomic E-state index is 4.52. The molecule has 1 saturated heterocycles. The summed E-state index contributed by atoms with van der Waals surface area (Å²) >= 11 is 0. The third kappa shape index (κ3) is 3.12. The number of aromatic nitrogens is 2. The van der Waals surface area contributed by atoms with Gasteiger partial charge in [-0.1, -0.05) is 13.8 Å². The molecular weight excluding hydrogens is 224 g/mol. The van der Waals surface area contributed by atoms with E-state index in [9.17, 15) is 0 Å². The Morgan fingerprint density at radius 3 is 2.56 bits per heavy atom. The number of rotatable bonds is 4. The lowest BCUT2D eigenvalue weighted by atomic mass is 9.97. The van der Waals surface area contributed by atoms with E-state index in [4.69, 9.17) is 0 Å². The number of hydrogen-bond acceptors (Lipinski definition) is 3. The molecule has 2 rings (SSSR count). The van der Waals surface area contributed by atoms with Gasteiger partial charge in [-0.2, -0.15) is 0 Å². The first kappa shape index (κ1) is 13.6. The van der Waals surface area contributed by atoms with Crippen LogP contribution in [0.15, 0.2) is 6.20 Å². The van der Waals surface area contributed by atoms with Gasteiger partial charge in [-0.15, -0.1) is 0 Å². The molecule has 4 nitrogen and oxygen atoms in total. The predicted molar refractivity (Wildman–Crippen MR) is 74.9 cm³/mol. The molecule has 0 atom stereocenters. The molecule has 0 bridgehead atoms. The van der Waals surface area contributed by atoms with Gasteiger partial charge in [0.2, 0.25) is 0 Å². The Morgan fingerprint density at radius 1 is 1.33 bits per heavy atom. The Hall–Kier alpha value is -0.870. The maximum absolute atomic E-state index is 4.52. The van der Waals surface area contributed by atoms with Gasteiger partial charge in [-0.25, -0.2) is 4.98 Å². The van der Waals surface area contributed by atoms with Crippen molar-refractivity contribution in [3.8, 4) is 0 Å². The fourth-order valence-electron chi connectivity index (χ4n) is 2.55. The summed E-state index contributed by atoms with van der Waals surface area (Å²) in [5, 5.41) is 3.40. The molecule has 0 amide bonds. The van der Waals surface area contributed by atoms with Crippen molar-refractivity contribution in [2.24, 2.45) is 0 Å². The van der Waals surface area contributed by atoms with E-state index >= 15 is 0 Å². The highest BCUT2D eigenvalue weighted by atomic mass is 15.2. The summed E-state index contributed by atoms with van der Waals surface area (Å²) in [5.74, 6) is 1.63. The summed E-state index contributed by atoms with van der Waals surface area (Å²) in [6, 6.07) is 0. The standard InChI is InChI=1S/C14H26N4/c1-11(2)12-10-16-13(17-12)9-14(3,4)18-7-5-15-6-8-18/h10-11,15H,5-9H2,1-4H3,(H,16,17). The molecule has 2 heterocycles. The molecule has 0 radical (unpaired) electrons. The van der Waals surface area contributed by atoms with Crippen molar-refractivity contribution in [1.82, 2.24) is 20.2 Å². The maximum Gasteiger partial charge on any atom is 0.108 e. The zero-order chi connectivity index (χ0) is 13.2. The van der Waals surface area contributed by atoms with Gasteiger partial charge < -0.3 is 10.3 Å². The molecule has 1 fully saturated rings. The minimum atomic E-state index is 0.175. The Bertz CT molecular complexity index is 375. The van der Waals surface area contributed by atoms with Crippen LogP contribution in [0.4, 0.5) is 0 Å². The first-order chi connectivity index (χ1) is 8.49. The molecule has 0 spiro atoms. The number of hydrogen-bond donors (Lipinski definition) is 2. The van der Waals surface area contributed by atoms with Crippen molar-refractivity contribution in [3.05, 3.63) is 17.7 Å². The zero-order valence-electron chi connectivity index (χ0n) is 12.1. The summed E-state index contributed by atoms with van der Waals surface area (Å²) in [5.41, 5.74) is 1.41. The van der Waals surface area contributed by atoms with Crippen LogP contribution < -0.4 is 5.32 Å². The monoisotopic (exact) mass is 250 g/mol. The number of nitrogens with one attached hydrogen (secondary N) is 2. The fourth-order valence-corrected chi connectivity index (χ4v) is 2.55. The molecule has 1 aliphatic heterocycles. The average Bonchev–Trinajstić information content (AvgIpc) is 2.78. The summed E-state index contributed by atoms with van der Waals surface area (Å²) in [7, 11) is 0. The van der Waals surface area contributed by atoms with Crippen LogP contribution in [0.3, 0.4) is 0 Å². The highest BCUT2D eigenvalue weighted by Gasteiger charge is 2.29. The second-order valence-corrected chi connectivity index (χ2v) is 6.17. The van der Waals surface area contributed by atoms with E-state index in [0.717, 1.165) is 38.4 Å². The molecule has 0 saturated carbocycles. The Morgan fingerprint density at radius 2 is 2.00 bits per heavy atom. The van der Waals surface area contributed by atoms with Gasteiger partial charge >= 0.3 is 0 Å². The molecule has 1 aromatic rings. The summed E-state index contributed by atoms with van der Waals surface area (Å²) < 4.78 is 0. The summed E-state index contributed by atoms with van der Waals surface area (Å²) in [6.45, 7) is 13.5. The van der Waals surface area contributed by atoms with Crippen LogP contribution in [0.5, 0.6) is 0 Å². The van der Waals surface area contributed by atoms with E-state index in [0.29, 0.717) is 5.92 Å². The number of H-pyrrole nitrogens is 1. The molecule has 102 valence electrons. The van der Waals surface area contributed by atoms with Crippen LogP contribution in [0.2, 0.25) is 0 Å². The molecular formula is C14H26N4. The second-order valence-electron chi connectivity index (χ2n) is 6.17. The van der Waals surface area contributed by atoms with E-state index in [2.05, 4.69) is 47.9 Å². The van der Waals surface area contributed by atoms with Crippen molar-refractivity contribution >= 4 is 0 Å². The molecule has 0 aromatic carbocycles. The molecule has 4 heteroatoms. The van der Waals surface area contributed by atoms with Crippen molar-refractivity contribution < 1.29 is 0 Å². The third-order valence-corrected chi connectivity index (χ3v) is 3.84. The number of imidazole rings is 1. The lowest BCUT2D eigenvalue weighted by molar-refractivity contribution is 0.102. The fraction of sp³-hybridized carbons (Fsp3) is 0.786. The van der Waals surface area contributed by atoms with Gasteiger partial charge in [0, 0.05) is 50.0 Å². The average molecular weight is 250 g/mol. The quantitative estimate of drug-likeness (QED) is 0.856. The lowest BCUT2D eigenvalue weighted by Gasteiger charge is -2.40. The number of aromatic amines is 1. The lowest BCUT2D eigenvalue weighted by Crippen LogP contribution is -2.54. The van der Waals surface area contributed by atoms with E-state index in [1.807, 2.05) is 6.20 Å². The van der Waals surface area contributed by atoms with Gasteiger partial charge in [0.1, 0.15) is 5.82 Å². The number of nitrogens with zero attached hydrogens (tertiary/aromatic N) is 2. The minimum Gasteiger partial charge on any atom is -0.346 e. The van der Waals surface area contributed by atoms with Crippen molar-refractivity contribution in [1.29, 1.82) is 0 Å². The molecule has 1 aliphatic rings. The summed E-state index contributed by atoms with van der Waals surface area (Å²) in [4.78, 5) is 10.5. The number of piperazine rings is 1. The highest BCUT2D eigenvalue weighted by molar-refractivity contribution is 5.08. The normalized spacial score (nSPS) is 18.5. The predicted octanol–water partition coefficient (Wildman–Crippen LogP) is 1.76. The van der Waals surface area contributed by atoms with Crippen LogP contribution in [-0.4, -0.2) is 46.6 Å². The molecule has 0 unspecified atom stereocenters. The largest absolute Gasteiger partial charge is 0.346 e. The van der Waals surface area contributed by atoms with Gasteiger partial charge in [-0.3, -0.25) is 4.90 Å². The molecule has 2 N–H and O–H groups in total. The Labute approximate surface area is 110 Å². The van der Waals surface area contributed by atoms with Gasteiger partial charge in [0.25, 0.3) is 0 Å². The van der Waals surface area contributed by atoms with Gasteiger partial charge in [-0.05, 0) is 19.8 Å². The van der Waals surface area contributed by atoms with E-state index in [-0.39, 0.29) is 5.54 Å². The summed E-state index contributed by atoms with van der Waals surface area (Å²) in [6.07, 6.45) is 2.97. The van der Waals surface area contributed by atoms with Crippen LogP contribution in [0.25, 0.3) is 0 Å². The van der Waals surface area contributed by atoms with Crippen LogP contribution in [-0.2, 0) is 6.42 Å². The van der Waals surface area contributed by atoms with Crippen molar-refractivity contribution in [2.75, 3.05) is 26.2 Å². The SMILES string of the molecule is CC(C)c1cnc(CC(C)(C)N2CCNCC2)[nH]1. The smallest absolute Gasteiger partial charge is 0.108 e. The third-order valence-electron chi connectivity index (χ3n) is 3.84. The topological polar surface area (TPSA) is 44.0 Å². The van der Waals surface area contributed by atoms with Crippen LogP contribution in [0, 0.1) is 0 Å².